The van der Waals surface area contributed by atoms with Crippen LogP contribution < -0.4 is 10.1 Å². The van der Waals surface area contributed by atoms with Crippen LogP contribution in [0.3, 0.4) is 0 Å². The Bertz CT molecular complexity index is 521. The summed E-state index contributed by atoms with van der Waals surface area (Å²) >= 11 is 3.47. The van der Waals surface area contributed by atoms with Crippen LogP contribution in [0, 0.1) is 0 Å². The minimum Gasteiger partial charge on any atom is -0.496 e. The van der Waals surface area contributed by atoms with Crippen LogP contribution in [0.25, 0.3) is 0 Å². The highest BCUT2D eigenvalue weighted by Crippen LogP contribution is 2.30. The van der Waals surface area contributed by atoms with Gasteiger partial charge in [-0.05, 0) is 44.0 Å². The van der Waals surface area contributed by atoms with Crippen molar-refractivity contribution < 1.29 is 9.53 Å². The fraction of sp³-hybridized carbons (Fsp3) is 0.562. The van der Waals surface area contributed by atoms with Crippen LogP contribution in [-0.2, 0) is 11.2 Å². The van der Waals surface area contributed by atoms with Crippen LogP contribution in [0.15, 0.2) is 22.7 Å². The Balaban J connectivity index is 1.78. The first-order valence-electron chi connectivity index (χ1n) is 7.53. The van der Waals surface area contributed by atoms with E-state index in [2.05, 4.69) is 26.1 Å². The highest BCUT2D eigenvalue weighted by Gasteiger charge is 2.37. The fourth-order valence-electron chi connectivity index (χ4n) is 3.53. The molecular weight excluding hydrogens is 332 g/mol. The predicted octanol–water partition coefficient (Wildman–Crippen LogP) is 2.35. The summed E-state index contributed by atoms with van der Waals surface area (Å²) in [6.07, 6.45) is 3.75. The van der Waals surface area contributed by atoms with Gasteiger partial charge in [0.2, 0.25) is 5.91 Å². The lowest BCUT2D eigenvalue weighted by molar-refractivity contribution is -0.133. The molecule has 21 heavy (non-hydrogen) atoms. The number of nitrogens with zero attached hydrogens (tertiary/aromatic N) is 1. The molecular formula is C16H21BrN2O2. The van der Waals surface area contributed by atoms with Gasteiger partial charge < -0.3 is 15.0 Å². The summed E-state index contributed by atoms with van der Waals surface area (Å²) in [4.78, 5) is 14.9. The van der Waals surface area contributed by atoms with Crippen molar-refractivity contribution in [1.82, 2.24) is 10.2 Å². The molecule has 2 bridgehead atoms. The Hall–Kier alpha value is -1.07. The van der Waals surface area contributed by atoms with Gasteiger partial charge in [-0.25, -0.2) is 0 Å². The smallest absolute Gasteiger partial charge is 0.227 e. The van der Waals surface area contributed by atoms with Gasteiger partial charge in [0.25, 0.3) is 0 Å². The Kier molecular flexibility index (Phi) is 4.50. The molecule has 0 spiro atoms. The number of carbonyl (C=O) groups excluding carboxylic acids is 1. The predicted molar refractivity (Wildman–Crippen MR) is 85.5 cm³/mol. The van der Waals surface area contributed by atoms with Gasteiger partial charge in [-0.15, -0.1) is 0 Å². The molecule has 2 aliphatic heterocycles. The number of halogens is 1. The van der Waals surface area contributed by atoms with Crippen molar-refractivity contribution in [2.75, 3.05) is 20.2 Å². The van der Waals surface area contributed by atoms with Gasteiger partial charge in [-0.2, -0.15) is 0 Å². The molecule has 0 aliphatic carbocycles. The van der Waals surface area contributed by atoms with Gasteiger partial charge in [-0.3, -0.25) is 4.79 Å². The number of hydrogen-bond donors (Lipinski definition) is 1. The molecule has 0 saturated carbocycles. The molecule has 1 amide bonds. The maximum atomic E-state index is 12.8. The van der Waals surface area contributed by atoms with E-state index in [1.807, 2.05) is 18.2 Å². The van der Waals surface area contributed by atoms with E-state index < -0.39 is 0 Å². The first kappa shape index (κ1) is 14.9. The normalized spacial score (nSPS) is 24.8. The van der Waals surface area contributed by atoms with Gasteiger partial charge in [0.1, 0.15) is 5.75 Å². The Morgan fingerprint density at radius 2 is 2.19 bits per heavy atom. The minimum atomic E-state index is 0.225. The Labute approximate surface area is 134 Å². The molecule has 0 aromatic heterocycles. The molecule has 0 radical (unpaired) electrons. The van der Waals surface area contributed by atoms with Crippen LogP contribution in [0.4, 0.5) is 0 Å². The third-order valence-corrected chi connectivity index (χ3v) is 5.02. The molecule has 2 unspecified atom stereocenters. The molecule has 5 heteroatoms. The van der Waals surface area contributed by atoms with Crippen LogP contribution in [0.1, 0.15) is 24.8 Å². The molecule has 1 aromatic carbocycles. The summed E-state index contributed by atoms with van der Waals surface area (Å²) in [7, 11) is 1.65. The Morgan fingerprint density at radius 1 is 1.38 bits per heavy atom. The number of hydrogen-bond acceptors (Lipinski definition) is 3. The van der Waals surface area contributed by atoms with Gasteiger partial charge in [0.15, 0.2) is 0 Å². The molecule has 4 nitrogen and oxygen atoms in total. The van der Waals surface area contributed by atoms with E-state index in [1.165, 1.54) is 0 Å². The number of methoxy groups -OCH3 is 1. The highest BCUT2D eigenvalue weighted by atomic mass is 79.9. The van der Waals surface area contributed by atoms with Crippen LogP contribution in [0.2, 0.25) is 0 Å². The van der Waals surface area contributed by atoms with E-state index in [0.717, 1.165) is 48.1 Å². The second-order valence-electron chi connectivity index (χ2n) is 5.81. The van der Waals surface area contributed by atoms with E-state index in [1.54, 1.807) is 7.11 Å². The lowest BCUT2D eigenvalue weighted by Crippen LogP contribution is -2.43. The van der Waals surface area contributed by atoms with Crippen molar-refractivity contribution in [2.45, 2.75) is 37.8 Å². The van der Waals surface area contributed by atoms with Crippen LogP contribution >= 0.6 is 15.9 Å². The molecule has 2 heterocycles. The number of fused-ring (bicyclic) bond motifs is 2. The van der Waals surface area contributed by atoms with Crippen LogP contribution in [-0.4, -0.2) is 43.1 Å². The molecule has 2 saturated heterocycles. The summed E-state index contributed by atoms with van der Waals surface area (Å²) in [6.45, 7) is 1.95. The first-order valence-corrected chi connectivity index (χ1v) is 8.32. The third kappa shape index (κ3) is 3.09. The Morgan fingerprint density at radius 3 is 3.00 bits per heavy atom. The van der Waals surface area contributed by atoms with Crippen molar-refractivity contribution in [3.8, 4) is 5.75 Å². The fourth-order valence-corrected chi connectivity index (χ4v) is 3.94. The number of amides is 1. The van der Waals surface area contributed by atoms with E-state index in [-0.39, 0.29) is 5.91 Å². The standard InChI is InChI=1S/C16H21BrN2O2/c1-21-15-5-2-12(17)8-11(15)9-16(20)19-13-3-4-14(19)10-18-7-6-13/h2,5,8,13-14,18H,3-4,6-7,9-10H2,1H3. The van der Waals surface area contributed by atoms with E-state index >= 15 is 0 Å². The van der Waals surface area contributed by atoms with Gasteiger partial charge in [0, 0.05) is 28.7 Å². The molecule has 1 N–H and O–H groups in total. The number of rotatable bonds is 3. The highest BCUT2D eigenvalue weighted by molar-refractivity contribution is 9.10. The van der Waals surface area contributed by atoms with Gasteiger partial charge in [-0.1, -0.05) is 15.9 Å². The number of ether oxygens (including phenoxy) is 1. The van der Waals surface area contributed by atoms with E-state index in [9.17, 15) is 4.79 Å². The zero-order valence-electron chi connectivity index (χ0n) is 12.3. The van der Waals surface area contributed by atoms with Crippen molar-refractivity contribution in [1.29, 1.82) is 0 Å². The first-order chi connectivity index (χ1) is 10.2. The zero-order chi connectivity index (χ0) is 14.8. The van der Waals surface area contributed by atoms with Crippen molar-refractivity contribution in [3.63, 3.8) is 0 Å². The second kappa shape index (κ2) is 6.36. The van der Waals surface area contributed by atoms with Gasteiger partial charge >= 0.3 is 0 Å². The molecule has 114 valence electrons. The topological polar surface area (TPSA) is 41.6 Å². The molecule has 3 rings (SSSR count). The lowest BCUT2D eigenvalue weighted by atomic mass is 10.1. The number of benzene rings is 1. The monoisotopic (exact) mass is 352 g/mol. The maximum Gasteiger partial charge on any atom is 0.227 e. The van der Waals surface area contributed by atoms with E-state index in [0.29, 0.717) is 18.5 Å². The van der Waals surface area contributed by atoms with Crippen LogP contribution in [0.5, 0.6) is 5.75 Å². The van der Waals surface area contributed by atoms with Crippen molar-refractivity contribution >= 4 is 21.8 Å². The van der Waals surface area contributed by atoms with Crippen molar-refractivity contribution in [3.05, 3.63) is 28.2 Å². The number of carbonyl (C=O) groups is 1. The molecule has 2 aliphatic rings. The number of nitrogens with one attached hydrogen (secondary N) is 1. The lowest BCUT2D eigenvalue weighted by Gasteiger charge is -2.28. The zero-order valence-corrected chi connectivity index (χ0v) is 13.9. The summed E-state index contributed by atoms with van der Waals surface area (Å²) < 4.78 is 6.36. The largest absolute Gasteiger partial charge is 0.496 e. The molecule has 2 atom stereocenters. The average Bonchev–Trinajstić information content (AvgIpc) is 2.72. The van der Waals surface area contributed by atoms with Gasteiger partial charge in [0.05, 0.1) is 13.5 Å². The summed E-state index contributed by atoms with van der Waals surface area (Å²) in [5.74, 6) is 1.01. The molecule has 2 fully saturated rings. The third-order valence-electron chi connectivity index (χ3n) is 4.53. The molecule has 1 aromatic rings. The minimum absolute atomic E-state index is 0.225. The SMILES string of the molecule is COc1ccc(Br)cc1CC(=O)N1C2CCNCC1CC2. The maximum absolute atomic E-state index is 12.8. The second-order valence-corrected chi connectivity index (χ2v) is 6.73. The van der Waals surface area contributed by atoms with Crippen molar-refractivity contribution in [2.24, 2.45) is 0 Å². The summed E-state index contributed by atoms with van der Waals surface area (Å²) in [5.41, 5.74) is 0.952. The summed E-state index contributed by atoms with van der Waals surface area (Å²) in [5, 5.41) is 3.43. The van der Waals surface area contributed by atoms with E-state index in [4.69, 9.17) is 4.74 Å². The average molecular weight is 353 g/mol. The quantitative estimate of drug-likeness (QED) is 0.907. The summed E-state index contributed by atoms with van der Waals surface area (Å²) in [6, 6.07) is 6.60.